The number of carbonyl (C=O) groups is 2. The molecular weight excluding hydrogens is 370 g/mol. The van der Waals surface area contributed by atoms with E-state index in [1.807, 2.05) is 72.8 Å². The van der Waals surface area contributed by atoms with E-state index in [2.05, 4.69) is 16.2 Å². The fourth-order valence-electron chi connectivity index (χ4n) is 2.70. The van der Waals surface area contributed by atoms with Crippen molar-refractivity contribution in [3.05, 3.63) is 90.0 Å². The number of nitrogens with one attached hydrogen (secondary N) is 3. The van der Waals surface area contributed by atoms with Crippen LogP contribution >= 0.6 is 12.2 Å². The number of fused-ring (bicyclic) bond motifs is 1. The zero-order valence-electron chi connectivity index (χ0n) is 15.0. The molecule has 3 aromatic carbocycles. The molecular formula is C22H19N3O2S. The monoisotopic (exact) mass is 389 g/mol. The van der Waals surface area contributed by atoms with Crippen LogP contribution < -0.4 is 16.2 Å². The molecule has 0 bridgehead atoms. The molecule has 3 rings (SSSR count). The van der Waals surface area contributed by atoms with E-state index in [9.17, 15) is 9.59 Å². The molecule has 3 N–H and O–H groups in total. The summed E-state index contributed by atoms with van der Waals surface area (Å²) in [6.45, 7) is 0. The summed E-state index contributed by atoms with van der Waals surface area (Å²) < 4.78 is 0. The Bertz CT molecular complexity index is 1030. The Labute approximate surface area is 168 Å². The Morgan fingerprint density at radius 3 is 2.39 bits per heavy atom. The minimum absolute atomic E-state index is 0.0222. The van der Waals surface area contributed by atoms with Crippen LogP contribution in [0.2, 0.25) is 0 Å². The van der Waals surface area contributed by atoms with Crippen LogP contribution in [0.4, 0.5) is 0 Å². The molecule has 0 fully saturated rings. The molecule has 0 aromatic heterocycles. The van der Waals surface area contributed by atoms with E-state index in [-0.39, 0.29) is 23.3 Å². The topological polar surface area (TPSA) is 70.2 Å². The number of thiocarbonyl (C=S) groups is 1. The predicted octanol–water partition coefficient (Wildman–Crippen LogP) is 3.12. The van der Waals surface area contributed by atoms with Crippen molar-refractivity contribution in [2.24, 2.45) is 0 Å². The fraction of sp³-hybridized carbons (Fsp3) is 0.0455. The van der Waals surface area contributed by atoms with Gasteiger partial charge < -0.3 is 0 Å². The van der Waals surface area contributed by atoms with Crippen LogP contribution in [-0.2, 0) is 16.0 Å². The summed E-state index contributed by atoms with van der Waals surface area (Å²) in [5.41, 5.74) is 6.81. The highest BCUT2D eigenvalue weighted by atomic mass is 32.1. The number of hydrogen-bond acceptors (Lipinski definition) is 3. The Morgan fingerprint density at radius 1 is 0.857 bits per heavy atom. The van der Waals surface area contributed by atoms with Gasteiger partial charge in [0.15, 0.2) is 5.11 Å². The van der Waals surface area contributed by atoms with E-state index in [4.69, 9.17) is 12.2 Å². The van der Waals surface area contributed by atoms with Crippen molar-refractivity contribution in [1.29, 1.82) is 0 Å². The van der Waals surface area contributed by atoms with Gasteiger partial charge in [0.2, 0.25) is 11.8 Å². The van der Waals surface area contributed by atoms with Gasteiger partial charge in [-0.2, -0.15) is 0 Å². The number of rotatable bonds is 4. The maximum atomic E-state index is 12.1. The molecule has 6 heteroatoms. The first kappa shape index (κ1) is 19.3. The van der Waals surface area contributed by atoms with Gasteiger partial charge in [0.1, 0.15) is 0 Å². The smallest absolute Gasteiger partial charge is 0.250 e. The summed E-state index contributed by atoms with van der Waals surface area (Å²) in [6.07, 6.45) is 3.35. The van der Waals surface area contributed by atoms with Gasteiger partial charge >= 0.3 is 0 Å². The summed E-state index contributed by atoms with van der Waals surface area (Å²) in [4.78, 5) is 23.9. The van der Waals surface area contributed by atoms with Gasteiger partial charge in [-0.15, -0.1) is 0 Å². The first-order valence-corrected chi connectivity index (χ1v) is 9.12. The number of hydrogen-bond donors (Lipinski definition) is 3. The summed E-state index contributed by atoms with van der Waals surface area (Å²) in [6, 6.07) is 23.2. The normalized spacial score (nSPS) is 10.6. The molecule has 0 unspecified atom stereocenters. The van der Waals surface area contributed by atoms with Gasteiger partial charge in [0.25, 0.3) is 0 Å². The van der Waals surface area contributed by atoms with Gasteiger partial charge in [-0.1, -0.05) is 72.8 Å². The minimum atomic E-state index is -0.386. The second-order valence-electron chi connectivity index (χ2n) is 6.06. The molecule has 28 heavy (non-hydrogen) atoms. The highest BCUT2D eigenvalue weighted by Crippen LogP contribution is 2.19. The van der Waals surface area contributed by atoms with Crippen LogP contribution in [0.25, 0.3) is 16.8 Å². The molecule has 0 aliphatic carbocycles. The van der Waals surface area contributed by atoms with Gasteiger partial charge in [-0.25, -0.2) is 0 Å². The predicted molar refractivity (Wildman–Crippen MR) is 115 cm³/mol. The first-order chi connectivity index (χ1) is 13.6. The lowest BCUT2D eigenvalue weighted by molar-refractivity contribution is -0.121. The third kappa shape index (κ3) is 5.49. The van der Waals surface area contributed by atoms with Crippen molar-refractivity contribution < 1.29 is 9.59 Å². The maximum Gasteiger partial charge on any atom is 0.250 e. The van der Waals surface area contributed by atoms with E-state index in [1.165, 1.54) is 6.08 Å². The molecule has 0 aliphatic rings. The SMILES string of the molecule is O=C(/C=C/c1cccc2ccccc12)NC(=S)NNC(=O)Cc1ccccc1. The molecule has 2 amide bonds. The van der Waals surface area contributed by atoms with Gasteiger partial charge in [0, 0.05) is 6.08 Å². The average Bonchev–Trinajstić information content (AvgIpc) is 2.71. The van der Waals surface area contributed by atoms with Crippen molar-refractivity contribution in [3.8, 4) is 0 Å². The number of hydrazine groups is 1. The molecule has 0 spiro atoms. The van der Waals surface area contributed by atoms with Crippen molar-refractivity contribution in [2.75, 3.05) is 0 Å². The number of benzene rings is 3. The fourth-order valence-corrected chi connectivity index (χ4v) is 2.85. The van der Waals surface area contributed by atoms with Crippen molar-refractivity contribution in [2.45, 2.75) is 6.42 Å². The van der Waals surface area contributed by atoms with Crippen LogP contribution in [0.3, 0.4) is 0 Å². The van der Waals surface area contributed by atoms with E-state index < -0.39 is 0 Å². The largest absolute Gasteiger partial charge is 0.298 e. The molecule has 0 aliphatic heterocycles. The highest BCUT2D eigenvalue weighted by molar-refractivity contribution is 7.80. The lowest BCUT2D eigenvalue weighted by Crippen LogP contribution is -2.48. The molecule has 0 saturated heterocycles. The summed E-state index contributed by atoms with van der Waals surface area (Å²) >= 11 is 5.03. The maximum absolute atomic E-state index is 12.1. The molecule has 0 saturated carbocycles. The molecule has 0 atom stereocenters. The van der Waals surface area contributed by atoms with E-state index in [0.29, 0.717) is 0 Å². The minimum Gasteiger partial charge on any atom is -0.298 e. The van der Waals surface area contributed by atoms with Crippen molar-refractivity contribution >= 4 is 46.0 Å². The third-order valence-corrected chi connectivity index (χ3v) is 4.20. The lowest BCUT2D eigenvalue weighted by atomic mass is 10.0. The zero-order chi connectivity index (χ0) is 19.8. The quantitative estimate of drug-likeness (QED) is 0.364. The average molecular weight is 389 g/mol. The number of amides is 2. The zero-order valence-corrected chi connectivity index (χ0v) is 15.8. The van der Waals surface area contributed by atoms with Crippen LogP contribution in [-0.4, -0.2) is 16.9 Å². The molecule has 3 aromatic rings. The molecule has 5 nitrogen and oxygen atoms in total. The molecule has 0 heterocycles. The highest BCUT2D eigenvalue weighted by Gasteiger charge is 2.05. The van der Waals surface area contributed by atoms with Crippen LogP contribution in [0.5, 0.6) is 0 Å². The van der Waals surface area contributed by atoms with E-state index in [1.54, 1.807) is 6.08 Å². The van der Waals surface area contributed by atoms with Gasteiger partial charge in [-0.3, -0.25) is 25.8 Å². The first-order valence-electron chi connectivity index (χ1n) is 8.71. The Balaban J connectivity index is 1.49. The Morgan fingerprint density at radius 2 is 1.57 bits per heavy atom. The number of carbonyl (C=O) groups excluding carboxylic acids is 2. The second kappa shape index (κ2) is 9.43. The summed E-state index contributed by atoms with van der Waals surface area (Å²) in [5, 5.41) is 4.68. The summed E-state index contributed by atoms with van der Waals surface area (Å²) in [5.74, 6) is -0.642. The van der Waals surface area contributed by atoms with Crippen molar-refractivity contribution in [1.82, 2.24) is 16.2 Å². The van der Waals surface area contributed by atoms with E-state index in [0.717, 1.165) is 21.9 Å². The second-order valence-corrected chi connectivity index (χ2v) is 6.46. The van der Waals surface area contributed by atoms with Crippen LogP contribution in [0.15, 0.2) is 78.9 Å². The Kier molecular flexibility index (Phi) is 6.49. The Hall–Kier alpha value is -3.51. The third-order valence-electron chi connectivity index (χ3n) is 4.00. The lowest BCUT2D eigenvalue weighted by Gasteiger charge is -2.09. The summed E-state index contributed by atoms with van der Waals surface area (Å²) in [7, 11) is 0. The standard InChI is InChI=1S/C22H19N3O2S/c26-20(14-13-18-11-6-10-17-9-4-5-12-19(17)18)23-22(28)25-24-21(27)15-16-7-2-1-3-8-16/h1-14H,15H2,(H,24,27)(H2,23,25,26,28)/b14-13+. The van der Waals surface area contributed by atoms with Crippen LogP contribution in [0, 0.1) is 0 Å². The van der Waals surface area contributed by atoms with E-state index >= 15 is 0 Å². The van der Waals surface area contributed by atoms with Crippen molar-refractivity contribution in [3.63, 3.8) is 0 Å². The van der Waals surface area contributed by atoms with Gasteiger partial charge in [-0.05, 0) is 40.2 Å². The van der Waals surface area contributed by atoms with Crippen LogP contribution in [0.1, 0.15) is 11.1 Å². The molecule has 140 valence electrons. The molecule has 0 radical (unpaired) electrons. The van der Waals surface area contributed by atoms with Gasteiger partial charge in [0.05, 0.1) is 6.42 Å².